The Morgan fingerprint density at radius 2 is 1.64 bits per heavy atom. The molecule has 2 atom stereocenters. The average molecular weight is 693 g/mol. The molecule has 284 valence electrons. The van der Waals surface area contributed by atoms with E-state index >= 15 is 0 Å². The van der Waals surface area contributed by atoms with Gasteiger partial charge in [0.05, 0.1) is 11.6 Å². The second-order valence-corrected chi connectivity index (χ2v) is 13.7. The van der Waals surface area contributed by atoms with E-state index in [2.05, 4.69) is 106 Å². The molecule has 0 aromatic carbocycles. The zero-order valence-electron chi connectivity index (χ0n) is 35.1. The molecule has 2 unspecified atom stereocenters. The first kappa shape index (κ1) is 48.9. The highest BCUT2D eigenvalue weighted by Crippen LogP contribution is 2.30. The van der Waals surface area contributed by atoms with E-state index in [0.29, 0.717) is 12.5 Å². The van der Waals surface area contributed by atoms with Crippen LogP contribution in [0, 0.1) is 17.2 Å². The summed E-state index contributed by atoms with van der Waals surface area (Å²) in [7, 11) is 1.60. The predicted octanol–water partition coefficient (Wildman–Crippen LogP) is 11.9. The van der Waals surface area contributed by atoms with Gasteiger partial charge in [0, 0.05) is 56.0 Å². The van der Waals surface area contributed by atoms with Gasteiger partial charge in [-0.1, -0.05) is 104 Å². The van der Waals surface area contributed by atoms with Crippen LogP contribution in [-0.4, -0.2) is 59.8 Å². The molecule has 1 heterocycles. The number of ether oxygens (including phenoxy) is 1. The Morgan fingerprint density at radius 1 is 1.02 bits per heavy atom. The van der Waals surface area contributed by atoms with Crippen LogP contribution in [0.1, 0.15) is 148 Å². The summed E-state index contributed by atoms with van der Waals surface area (Å²) in [6.07, 6.45) is 23.4. The number of carbonyl (C=O) groups is 1. The maximum Gasteiger partial charge on any atom is 0.254 e. The van der Waals surface area contributed by atoms with Crippen molar-refractivity contribution in [2.45, 2.75) is 160 Å². The number of hydrogen-bond acceptors (Lipinski definition) is 5. The summed E-state index contributed by atoms with van der Waals surface area (Å²) in [5.74, 6) is 0.512. The Balaban J connectivity index is 0. The Hall–Kier alpha value is -3.17. The number of methoxy groups -OCH3 is 1. The van der Waals surface area contributed by atoms with E-state index in [-0.39, 0.29) is 11.9 Å². The van der Waals surface area contributed by atoms with Gasteiger partial charge in [0.15, 0.2) is 0 Å². The summed E-state index contributed by atoms with van der Waals surface area (Å²) in [5.41, 5.74) is 6.08. The van der Waals surface area contributed by atoms with Crippen molar-refractivity contribution in [1.82, 2.24) is 9.80 Å². The van der Waals surface area contributed by atoms with E-state index in [4.69, 9.17) is 15.0 Å². The lowest BCUT2D eigenvalue weighted by atomic mass is 9.87. The third kappa shape index (κ3) is 18.7. The number of nitriles is 1. The van der Waals surface area contributed by atoms with Crippen molar-refractivity contribution < 1.29 is 9.53 Å². The fourth-order valence-electron chi connectivity index (χ4n) is 5.58. The van der Waals surface area contributed by atoms with Crippen LogP contribution >= 0.6 is 0 Å². The van der Waals surface area contributed by atoms with Crippen LogP contribution < -0.4 is 0 Å². The van der Waals surface area contributed by atoms with E-state index in [1.165, 1.54) is 41.7 Å². The largest absolute Gasteiger partial charge is 0.371 e. The van der Waals surface area contributed by atoms with Gasteiger partial charge in [0.2, 0.25) is 0 Å². The van der Waals surface area contributed by atoms with Gasteiger partial charge < -0.3 is 14.5 Å². The van der Waals surface area contributed by atoms with Gasteiger partial charge in [-0.05, 0) is 97.8 Å². The van der Waals surface area contributed by atoms with Gasteiger partial charge in [-0.15, -0.1) is 0 Å². The van der Waals surface area contributed by atoms with Gasteiger partial charge in [0.1, 0.15) is 5.60 Å². The predicted molar refractivity (Wildman–Crippen MR) is 219 cm³/mol. The van der Waals surface area contributed by atoms with Crippen LogP contribution in [0.15, 0.2) is 75.6 Å². The molecule has 0 aliphatic carbocycles. The van der Waals surface area contributed by atoms with Crippen LogP contribution in [0.25, 0.3) is 0 Å². The van der Waals surface area contributed by atoms with E-state index in [1.54, 1.807) is 7.11 Å². The SMILES string of the molecule is CC/C=C/C=C(C#N)\C=C(/C)CCC.CCCCC.C\C=C(C(/C(C)=N/C=C/CC)=C(/C)N1CCN(C(=O)C(C)(C)OC)C(C)C1)\C(C)CC. The number of rotatable bonds is 16. The molecule has 6 heteroatoms. The van der Waals surface area contributed by atoms with Crippen molar-refractivity contribution in [2.24, 2.45) is 10.9 Å². The van der Waals surface area contributed by atoms with Gasteiger partial charge in [-0.2, -0.15) is 5.26 Å². The molecule has 6 nitrogen and oxygen atoms in total. The number of hydrogen-bond donors (Lipinski definition) is 0. The number of carbonyl (C=O) groups excluding carboxylic acids is 1. The molecule has 0 spiro atoms. The number of unbranched alkanes of at least 4 members (excludes halogenated alkanes) is 2. The molecule has 1 rings (SSSR count). The molecule has 1 amide bonds. The van der Waals surface area contributed by atoms with Gasteiger partial charge in [-0.25, -0.2) is 0 Å². The molecule has 1 aliphatic rings. The molecule has 0 saturated carbocycles. The highest BCUT2D eigenvalue weighted by molar-refractivity contribution is 6.03. The highest BCUT2D eigenvalue weighted by atomic mass is 16.5. The van der Waals surface area contributed by atoms with Crippen molar-refractivity contribution in [1.29, 1.82) is 5.26 Å². The molecule has 0 radical (unpaired) electrons. The second kappa shape index (κ2) is 28.5. The van der Waals surface area contributed by atoms with Crippen molar-refractivity contribution in [3.8, 4) is 6.07 Å². The van der Waals surface area contributed by atoms with Gasteiger partial charge >= 0.3 is 0 Å². The topological polar surface area (TPSA) is 68.9 Å². The molecular weight excluding hydrogens is 617 g/mol. The minimum Gasteiger partial charge on any atom is -0.371 e. The summed E-state index contributed by atoms with van der Waals surface area (Å²) in [5, 5.41) is 8.85. The third-order valence-corrected chi connectivity index (χ3v) is 8.99. The van der Waals surface area contributed by atoms with Crippen LogP contribution in [0.2, 0.25) is 0 Å². The zero-order chi connectivity index (χ0) is 38.7. The van der Waals surface area contributed by atoms with Crippen LogP contribution in [0.4, 0.5) is 0 Å². The molecule has 1 fully saturated rings. The molecule has 1 saturated heterocycles. The molecule has 0 bridgehead atoms. The van der Waals surface area contributed by atoms with Gasteiger partial charge in [-0.3, -0.25) is 9.79 Å². The number of amides is 1. The summed E-state index contributed by atoms with van der Waals surface area (Å²) < 4.78 is 5.43. The molecular formula is C44H76N4O2. The van der Waals surface area contributed by atoms with Crippen LogP contribution in [0.3, 0.4) is 0 Å². The van der Waals surface area contributed by atoms with Crippen molar-refractivity contribution in [3.63, 3.8) is 0 Å². The third-order valence-electron chi connectivity index (χ3n) is 8.99. The quantitative estimate of drug-likeness (QED) is 0.0917. The van der Waals surface area contributed by atoms with E-state index in [1.807, 2.05) is 49.3 Å². The lowest BCUT2D eigenvalue weighted by molar-refractivity contribution is -0.155. The van der Waals surface area contributed by atoms with Gasteiger partial charge in [0.25, 0.3) is 5.91 Å². The van der Waals surface area contributed by atoms with Crippen LogP contribution in [0.5, 0.6) is 0 Å². The minimum absolute atomic E-state index is 0.0557. The first-order valence-corrected chi connectivity index (χ1v) is 19.3. The normalized spacial score (nSPS) is 17.5. The van der Waals surface area contributed by atoms with Crippen molar-refractivity contribution in [3.05, 3.63) is 70.6 Å². The molecule has 0 N–H and O–H groups in total. The average Bonchev–Trinajstić information content (AvgIpc) is 3.10. The van der Waals surface area contributed by atoms with E-state index in [9.17, 15) is 4.79 Å². The standard InChI is InChI=1S/C26H45N3O2.C13H19N.C5H12/c1-11-14-15-27-21(6)24(23(13-3)19(4)12-2)22(7)28-16-17-29(20(5)18-28)25(30)26(8,9)31-10;1-4-6-7-9-13(11-14)10-12(3)8-5-2;1-3-5-4-2/h13-15,19-20H,11-12,16-18H2,1-10H3;6-7,9-10H,4-5,8H2,1-3H3;3-5H2,1-2H3/b15-14+,23-13-,24-22-,27-21+;7-6+,12-10+,13-9+;. The molecule has 50 heavy (non-hydrogen) atoms. The fourth-order valence-corrected chi connectivity index (χ4v) is 5.58. The summed E-state index contributed by atoms with van der Waals surface area (Å²) >= 11 is 0. The maximum absolute atomic E-state index is 12.9. The summed E-state index contributed by atoms with van der Waals surface area (Å²) in [6.45, 7) is 31.9. The first-order chi connectivity index (χ1) is 23.7. The van der Waals surface area contributed by atoms with Crippen LogP contribution in [-0.2, 0) is 9.53 Å². The monoisotopic (exact) mass is 693 g/mol. The fraction of sp³-hybridized carbons (Fsp3) is 0.659. The van der Waals surface area contributed by atoms with Crippen molar-refractivity contribution in [2.75, 3.05) is 26.7 Å². The number of allylic oxidation sites excluding steroid dienone is 11. The lowest BCUT2D eigenvalue weighted by Gasteiger charge is -2.44. The summed E-state index contributed by atoms with van der Waals surface area (Å²) in [6, 6.07) is 2.30. The highest BCUT2D eigenvalue weighted by Gasteiger charge is 2.37. The molecule has 0 aromatic rings. The number of aliphatic imine (C=N–C) groups is 1. The van der Waals surface area contributed by atoms with E-state index in [0.717, 1.165) is 56.5 Å². The summed E-state index contributed by atoms with van der Waals surface area (Å²) in [4.78, 5) is 22.1. The molecule has 0 aromatic heterocycles. The van der Waals surface area contributed by atoms with Crippen molar-refractivity contribution >= 4 is 11.6 Å². The van der Waals surface area contributed by atoms with E-state index < -0.39 is 5.60 Å². The Kier molecular flexibility index (Phi) is 27.9. The Morgan fingerprint density at radius 3 is 2.08 bits per heavy atom. The number of piperazine rings is 1. The smallest absolute Gasteiger partial charge is 0.254 e. The first-order valence-electron chi connectivity index (χ1n) is 19.3. The number of nitrogens with zero attached hydrogens (tertiary/aromatic N) is 4. The second-order valence-electron chi connectivity index (χ2n) is 13.7. The lowest BCUT2D eigenvalue weighted by Crippen LogP contribution is -2.58. The minimum atomic E-state index is -0.796. The Bertz CT molecular complexity index is 1220. The molecule has 1 aliphatic heterocycles. The maximum atomic E-state index is 12.9. The zero-order valence-corrected chi connectivity index (χ0v) is 35.1. The Labute approximate surface area is 309 Å².